The lowest BCUT2D eigenvalue weighted by Gasteiger charge is -2.15. The molecule has 0 radical (unpaired) electrons. The van der Waals surface area contributed by atoms with Gasteiger partial charge in [-0.15, -0.1) is 11.8 Å². The van der Waals surface area contributed by atoms with Gasteiger partial charge >= 0.3 is 0 Å². The summed E-state index contributed by atoms with van der Waals surface area (Å²) in [5, 5.41) is 1.29. The van der Waals surface area contributed by atoms with Gasteiger partial charge in [-0.25, -0.2) is 0 Å². The first-order valence-corrected chi connectivity index (χ1v) is 7.63. The molecule has 0 aromatic heterocycles. The summed E-state index contributed by atoms with van der Waals surface area (Å²) in [5.41, 5.74) is 0. The number of rotatable bonds is 8. The molecule has 0 aliphatic carbocycles. The molecule has 102 valence electrons. The predicted molar refractivity (Wildman–Crippen MR) is 81.2 cm³/mol. The van der Waals surface area contributed by atoms with E-state index in [1.165, 1.54) is 0 Å². The average molecular weight is 308 g/mol. The van der Waals surface area contributed by atoms with Crippen LogP contribution in [0.2, 0.25) is 10.0 Å². The van der Waals surface area contributed by atoms with E-state index in [-0.39, 0.29) is 0 Å². The van der Waals surface area contributed by atoms with Gasteiger partial charge in [0.25, 0.3) is 0 Å². The lowest BCUT2D eigenvalue weighted by Crippen LogP contribution is -2.24. The summed E-state index contributed by atoms with van der Waals surface area (Å²) >= 11 is 13.8. The Morgan fingerprint density at radius 3 is 2.78 bits per heavy atom. The predicted octanol–water partition coefficient (Wildman–Crippen LogP) is 4.05. The van der Waals surface area contributed by atoms with Crippen LogP contribution in [0.15, 0.2) is 23.1 Å². The van der Waals surface area contributed by atoms with Crippen LogP contribution < -0.4 is 0 Å². The smallest absolute Gasteiger partial charge is 0.0728 e. The van der Waals surface area contributed by atoms with E-state index in [2.05, 4.69) is 11.9 Å². The minimum Gasteiger partial charge on any atom is -0.383 e. The van der Waals surface area contributed by atoms with E-state index < -0.39 is 0 Å². The fourth-order valence-electron chi connectivity index (χ4n) is 1.47. The molecule has 0 saturated carbocycles. The maximum atomic E-state index is 6.12. The quantitative estimate of drug-likeness (QED) is 0.531. The highest BCUT2D eigenvalue weighted by Crippen LogP contribution is 2.32. The van der Waals surface area contributed by atoms with Gasteiger partial charge in [0.2, 0.25) is 0 Å². The zero-order chi connectivity index (χ0) is 13.4. The summed E-state index contributed by atoms with van der Waals surface area (Å²) in [6, 6.07) is 5.75. The number of hydrogen-bond donors (Lipinski definition) is 0. The number of hydrogen-bond acceptors (Lipinski definition) is 3. The van der Waals surface area contributed by atoms with E-state index in [9.17, 15) is 0 Å². The number of benzene rings is 1. The summed E-state index contributed by atoms with van der Waals surface area (Å²) in [7, 11) is 3.83. The van der Waals surface area contributed by atoms with E-state index in [1.807, 2.05) is 18.2 Å². The lowest BCUT2D eigenvalue weighted by molar-refractivity contribution is 0.161. The fraction of sp³-hybridized carbons (Fsp3) is 0.538. The lowest BCUT2D eigenvalue weighted by atomic mass is 10.4. The zero-order valence-corrected chi connectivity index (χ0v) is 13.1. The number of likely N-dealkylation sites (N-methyl/N-ethyl adjacent to an activating group) is 1. The molecule has 5 heteroatoms. The molecule has 0 atom stereocenters. The molecule has 0 bridgehead atoms. The highest BCUT2D eigenvalue weighted by atomic mass is 35.5. The van der Waals surface area contributed by atoms with Crippen LogP contribution in [0.25, 0.3) is 0 Å². The van der Waals surface area contributed by atoms with Gasteiger partial charge in [0.15, 0.2) is 0 Å². The molecule has 1 aromatic carbocycles. The van der Waals surface area contributed by atoms with Crippen LogP contribution in [0, 0.1) is 0 Å². The van der Waals surface area contributed by atoms with Crippen molar-refractivity contribution in [1.82, 2.24) is 4.90 Å². The third kappa shape index (κ3) is 5.81. The van der Waals surface area contributed by atoms with Crippen molar-refractivity contribution in [3.05, 3.63) is 28.2 Å². The van der Waals surface area contributed by atoms with Crippen LogP contribution in [0.3, 0.4) is 0 Å². The van der Waals surface area contributed by atoms with Crippen molar-refractivity contribution in [2.75, 3.05) is 39.6 Å². The molecule has 2 nitrogen and oxygen atoms in total. The fourth-order valence-corrected chi connectivity index (χ4v) is 2.90. The maximum absolute atomic E-state index is 6.12. The second-order valence-corrected chi connectivity index (χ2v) is 5.97. The van der Waals surface area contributed by atoms with Crippen LogP contribution in [-0.2, 0) is 4.74 Å². The summed E-state index contributed by atoms with van der Waals surface area (Å²) in [6.45, 7) is 2.82. The van der Waals surface area contributed by atoms with Crippen LogP contribution in [0.1, 0.15) is 6.42 Å². The SMILES string of the molecule is COCCN(C)CCCSc1cccc(Cl)c1Cl. The molecule has 0 fully saturated rings. The third-order valence-corrected chi connectivity index (χ3v) is 4.61. The van der Waals surface area contributed by atoms with Gasteiger partial charge in [0.05, 0.1) is 16.7 Å². The molecule has 0 heterocycles. The minimum absolute atomic E-state index is 0.624. The molecule has 18 heavy (non-hydrogen) atoms. The molecule has 0 unspecified atom stereocenters. The topological polar surface area (TPSA) is 12.5 Å². The van der Waals surface area contributed by atoms with Gasteiger partial charge in [0, 0.05) is 18.6 Å². The van der Waals surface area contributed by atoms with Crippen molar-refractivity contribution in [3.8, 4) is 0 Å². The van der Waals surface area contributed by atoms with Crippen molar-refractivity contribution in [3.63, 3.8) is 0 Å². The van der Waals surface area contributed by atoms with Gasteiger partial charge in [-0.3, -0.25) is 0 Å². The highest BCUT2D eigenvalue weighted by Gasteiger charge is 2.05. The zero-order valence-electron chi connectivity index (χ0n) is 10.8. The van der Waals surface area contributed by atoms with Gasteiger partial charge in [0.1, 0.15) is 0 Å². The number of ether oxygens (including phenoxy) is 1. The molecule has 0 spiro atoms. The van der Waals surface area contributed by atoms with Crippen molar-refractivity contribution in [2.45, 2.75) is 11.3 Å². The normalized spacial score (nSPS) is 11.2. The summed E-state index contributed by atoms with van der Waals surface area (Å²) in [4.78, 5) is 3.33. The van der Waals surface area contributed by atoms with E-state index >= 15 is 0 Å². The minimum atomic E-state index is 0.624. The molecule has 0 N–H and O–H groups in total. The van der Waals surface area contributed by atoms with Gasteiger partial charge in [-0.2, -0.15) is 0 Å². The van der Waals surface area contributed by atoms with Crippen LogP contribution in [0.5, 0.6) is 0 Å². The Balaban J connectivity index is 2.23. The molecular formula is C13H19Cl2NOS. The largest absolute Gasteiger partial charge is 0.383 e. The van der Waals surface area contributed by atoms with Crippen molar-refractivity contribution in [1.29, 1.82) is 0 Å². The van der Waals surface area contributed by atoms with Crippen LogP contribution in [-0.4, -0.2) is 44.5 Å². The number of nitrogens with zero attached hydrogens (tertiary/aromatic N) is 1. The third-order valence-electron chi connectivity index (χ3n) is 2.54. The monoisotopic (exact) mass is 307 g/mol. The first-order valence-electron chi connectivity index (χ1n) is 5.89. The number of thioether (sulfide) groups is 1. The van der Waals surface area contributed by atoms with Crippen LogP contribution >= 0.6 is 35.0 Å². The molecule has 1 aromatic rings. The van der Waals surface area contributed by atoms with Gasteiger partial charge in [-0.1, -0.05) is 29.3 Å². The average Bonchev–Trinajstić information content (AvgIpc) is 2.37. The van der Waals surface area contributed by atoms with Gasteiger partial charge < -0.3 is 9.64 Å². The second kappa shape index (κ2) is 9.05. The van der Waals surface area contributed by atoms with E-state index in [4.69, 9.17) is 27.9 Å². The first-order chi connectivity index (χ1) is 8.65. The Labute approximate surface area is 124 Å². The van der Waals surface area contributed by atoms with Crippen molar-refractivity contribution >= 4 is 35.0 Å². The molecule has 0 amide bonds. The Morgan fingerprint density at radius 2 is 2.06 bits per heavy atom. The standard InChI is InChI=1S/C13H19Cl2NOS/c1-16(8-9-17-2)7-4-10-18-12-6-3-5-11(14)13(12)15/h3,5-6H,4,7-10H2,1-2H3. The summed E-state index contributed by atoms with van der Waals surface area (Å²) in [6.07, 6.45) is 1.12. The molecule has 0 aliphatic rings. The van der Waals surface area contributed by atoms with Gasteiger partial charge in [-0.05, 0) is 37.9 Å². The Morgan fingerprint density at radius 1 is 1.28 bits per heavy atom. The second-order valence-electron chi connectivity index (χ2n) is 4.05. The first kappa shape index (κ1) is 16.1. The van der Waals surface area contributed by atoms with E-state index in [1.54, 1.807) is 18.9 Å². The van der Waals surface area contributed by atoms with Crippen LogP contribution in [0.4, 0.5) is 0 Å². The van der Waals surface area contributed by atoms with Crippen molar-refractivity contribution < 1.29 is 4.74 Å². The Bertz CT molecular complexity index is 363. The van der Waals surface area contributed by atoms with Crippen molar-refractivity contribution in [2.24, 2.45) is 0 Å². The Hall–Kier alpha value is 0.0700. The molecule has 1 rings (SSSR count). The number of halogens is 2. The summed E-state index contributed by atoms with van der Waals surface area (Å²) in [5.74, 6) is 1.04. The highest BCUT2D eigenvalue weighted by molar-refractivity contribution is 7.99. The van der Waals surface area contributed by atoms with E-state index in [0.29, 0.717) is 10.0 Å². The molecule has 0 aliphatic heterocycles. The molecule has 0 saturated heterocycles. The maximum Gasteiger partial charge on any atom is 0.0728 e. The van der Waals surface area contributed by atoms with E-state index in [0.717, 1.165) is 36.8 Å². The summed E-state index contributed by atoms with van der Waals surface area (Å²) < 4.78 is 5.04. The molecular weight excluding hydrogens is 289 g/mol. The Kier molecular flexibility index (Phi) is 8.11. The number of methoxy groups -OCH3 is 1.